The third kappa shape index (κ3) is 4.71. The molecule has 118 valence electrons. The molecule has 1 aliphatic heterocycles. The maximum absolute atomic E-state index is 12.2. The van der Waals surface area contributed by atoms with Crippen LogP contribution in [0.25, 0.3) is 0 Å². The fourth-order valence-electron chi connectivity index (χ4n) is 2.55. The fraction of sp³-hybridized carbons (Fsp3) is 0.786. The van der Waals surface area contributed by atoms with Crippen molar-refractivity contribution in [2.75, 3.05) is 19.3 Å². The third-order valence-electron chi connectivity index (χ3n) is 3.75. The van der Waals surface area contributed by atoms with Crippen LogP contribution in [0.5, 0.6) is 0 Å². The van der Waals surface area contributed by atoms with Crippen molar-refractivity contribution in [3.05, 3.63) is 11.7 Å². The van der Waals surface area contributed by atoms with Crippen LogP contribution in [0.2, 0.25) is 0 Å². The number of nitrogens with one attached hydrogen (secondary N) is 1. The first-order chi connectivity index (χ1) is 10.1. The molecule has 1 aromatic rings. The molecule has 1 N–H and O–H groups in total. The Morgan fingerprint density at radius 3 is 3.10 bits per heavy atom. The summed E-state index contributed by atoms with van der Waals surface area (Å²) in [6.07, 6.45) is 4.02. The quantitative estimate of drug-likeness (QED) is 0.861. The minimum Gasteiger partial charge on any atom is -0.347 e. The van der Waals surface area contributed by atoms with Crippen LogP contribution in [0.3, 0.4) is 0 Å². The van der Waals surface area contributed by atoms with Gasteiger partial charge in [-0.25, -0.2) is 0 Å². The number of amides is 1. The molecule has 0 aliphatic carbocycles. The monoisotopic (exact) mass is 312 g/mol. The van der Waals surface area contributed by atoms with Gasteiger partial charge in [0.05, 0.1) is 18.2 Å². The molecule has 1 fully saturated rings. The number of carbonyl (C=O) groups is 1. The molecule has 21 heavy (non-hydrogen) atoms. The van der Waals surface area contributed by atoms with E-state index < -0.39 is 0 Å². The van der Waals surface area contributed by atoms with E-state index in [9.17, 15) is 4.79 Å². The van der Waals surface area contributed by atoms with E-state index in [-0.39, 0.29) is 11.8 Å². The maximum atomic E-state index is 12.2. The van der Waals surface area contributed by atoms with Gasteiger partial charge in [0.2, 0.25) is 11.8 Å². The van der Waals surface area contributed by atoms with E-state index in [1.807, 2.05) is 6.26 Å². The Labute approximate surface area is 130 Å². The van der Waals surface area contributed by atoms with Crippen molar-refractivity contribution >= 4 is 17.7 Å². The Balaban J connectivity index is 1.80. The largest absolute Gasteiger partial charge is 0.347 e. The van der Waals surface area contributed by atoms with Crippen molar-refractivity contribution in [3.8, 4) is 0 Å². The molecule has 6 nitrogen and oxygen atoms in total. The molecule has 0 saturated carbocycles. The molecular formula is C14H24N4O2S. The van der Waals surface area contributed by atoms with Crippen LogP contribution in [0, 0.1) is 5.92 Å². The smallest absolute Gasteiger partial charge is 0.246 e. The summed E-state index contributed by atoms with van der Waals surface area (Å²) in [4.78, 5) is 18.8. The second-order valence-electron chi connectivity index (χ2n) is 5.68. The van der Waals surface area contributed by atoms with Crippen molar-refractivity contribution in [2.24, 2.45) is 5.92 Å². The number of piperidine rings is 1. The van der Waals surface area contributed by atoms with Crippen molar-refractivity contribution in [2.45, 2.75) is 45.0 Å². The number of thioether (sulfide) groups is 1. The first-order valence-electron chi connectivity index (χ1n) is 7.42. The molecule has 1 atom stereocenters. The first-order valence-corrected chi connectivity index (χ1v) is 8.81. The summed E-state index contributed by atoms with van der Waals surface area (Å²) >= 11 is 1.64. The highest BCUT2D eigenvalue weighted by Crippen LogP contribution is 2.18. The van der Waals surface area contributed by atoms with Gasteiger partial charge in [-0.1, -0.05) is 5.16 Å². The van der Waals surface area contributed by atoms with Crippen molar-refractivity contribution in [3.63, 3.8) is 0 Å². The molecule has 2 rings (SSSR count). The summed E-state index contributed by atoms with van der Waals surface area (Å²) < 4.78 is 5.11. The minimum atomic E-state index is 0.0646. The molecule has 2 heterocycles. The number of aromatic nitrogens is 2. The lowest BCUT2D eigenvalue weighted by molar-refractivity contribution is -0.127. The van der Waals surface area contributed by atoms with E-state index in [2.05, 4.69) is 34.2 Å². The van der Waals surface area contributed by atoms with Crippen LogP contribution >= 0.6 is 11.8 Å². The molecule has 0 radical (unpaired) electrons. The highest BCUT2D eigenvalue weighted by Gasteiger charge is 2.26. The standard InChI is InChI=1S/C14H24N4O2S/c1-10(2)18-6-4-5-11(8-18)14(19)15-7-13-16-12(9-21-3)17-20-13/h10-11H,4-9H2,1-3H3,(H,15,19). The Morgan fingerprint density at radius 2 is 2.38 bits per heavy atom. The van der Waals surface area contributed by atoms with Crippen LogP contribution in [-0.4, -0.2) is 46.3 Å². The molecule has 1 aromatic heterocycles. The summed E-state index contributed by atoms with van der Waals surface area (Å²) in [6, 6.07) is 0.491. The highest BCUT2D eigenvalue weighted by atomic mass is 32.2. The Bertz CT molecular complexity index is 464. The number of likely N-dealkylation sites (tertiary alicyclic amines) is 1. The molecular weight excluding hydrogens is 288 g/mol. The summed E-state index contributed by atoms with van der Waals surface area (Å²) in [6.45, 7) is 6.59. The van der Waals surface area contributed by atoms with Gasteiger partial charge >= 0.3 is 0 Å². The van der Waals surface area contributed by atoms with Gasteiger partial charge < -0.3 is 14.7 Å². The highest BCUT2D eigenvalue weighted by molar-refractivity contribution is 7.97. The van der Waals surface area contributed by atoms with Gasteiger partial charge in [0.15, 0.2) is 5.82 Å². The van der Waals surface area contributed by atoms with Gasteiger partial charge in [-0.3, -0.25) is 4.79 Å². The lowest BCUT2D eigenvalue weighted by Gasteiger charge is -2.34. The zero-order valence-electron chi connectivity index (χ0n) is 13.0. The summed E-state index contributed by atoms with van der Waals surface area (Å²) in [5, 5.41) is 6.78. The molecule has 1 unspecified atom stereocenters. The van der Waals surface area contributed by atoms with E-state index in [1.165, 1.54) is 0 Å². The lowest BCUT2D eigenvalue weighted by atomic mass is 9.96. The van der Waals surface area contributed by atoms with Crippen LogP contribution < -0.4 is 5.32 Å². The predicted molar refractivity (Wildman–Crippen MR) is 82.8 cm³/mol. The van der Waals surface area contributed by atoms with Crippen LogP contribution in [0.4, 0.5) is 0 Å². The normalized spacial score (nSPS) is 19.9. The van der Waals surface area contributed by atoms with Gasteiger partial charge in [0, 0.05) is 12.6 Å². The second kappa shape index (κ2) is 7.79. The van der Waals surface area contributed by atoms with E-state index in [4.69, 9.17) is 4.52 Å². The Kier molecular flexibility index (Phi) is 6.05. The van der Waals surface area contributed by atoms with Crippen molar-refractivity contribution < 1.29 is 9.32 Å². The topological polar surface area (TPSA) is 71.3 Å². The number of nitrogens with zero attached hydrogens (tertiary/aromatic N) is 3. The Hall–Kier alpha value is -1.08. The van der Waals surface area contributed by atoms with Crippen LogP contribution in [0.15, 0.2) is 4.52 Å². The zero-order chi connectivity index (χ0) is 15.2. The molecule has 1 aliphatic rings. The van der Waals surface area contributed by atoms with E-state index in [0.29, 0.717) is 24.3 Å². The van der Waals surface area contributed by atoms with Gasteiger partial charge in [0.25, 0.3) is 0 Å². The van der Waals surface area contributed by atoms with E-state index in [0.717, 1.165) is 31.7 Å². The first kappa shape index (κ1) is 16.3. The molecule has 1 saturated heterocycles. The van der Waals surface area contributed by atoms with E-state index >= 15 is 0 Å². The summed E-state index contributed by atoms with van der Waals surface area (Å²) in [5.74, 6) is 2.03. The number of hydrogen-bond acceptors (Lipinski definition) is 6. The zero-order valence-corrected chi connectivity index (χ0v) is 13.8. The third-order valence-corrected chi connectivity index (χ3v) is 4.30. The number of carbonyl (C=O) groups excluding carboxylic acids is 1. The molecule has 0 aromatic carbocycles. The maximum Gasteiger partial charge on any atom is 0.246 e. The van der Waals surface area contributed by atoms with Gasteiger partial charge in [-0.05, 0) is 39.5 Å². The minimum absolute atomic E-state index is 0.0646. The molecule has 0 spiro atoms. The molecule has 0 bridgehead atoms. The van der Waals surface area contributed by atoms with Crippen LogP contribution in [-0.2, 0) is 17.1 Å². The fourth-order valence-corrected chi connectivity index (χ4v) is 2.92. The average molecular weight is 312 g/mol. The summed E-state index contributed by atoms with van der Waals surface area (Å²) in [7, 11) is 0. The van der Waals surface area contributed by atoms with Gasteiger partial charge in [-0.15, -0.1) is 0 Å². The molecule has 1 amide bonds. The van der Waals surface area contributed by atoms with Gasteiger partial charge in [-0.2, -0.15) is 16.7 Å². The molecule has 7 heteroatoms. The summed E-state index contributed by atoms with van der Waals surface area (Å²) in [5.41, 5.74) is 0. The van der Waals surface area contributed by atoms with Gasteiger partial charge in [0.1, 0.15) is 0 Å². The van der Waals surface area contributed by atoms with Crippen LogP contribution in [0.1, 0.15) is 38.4 Å². The average Bonchev–Trinajstić information content (AvgIpc) is 2.93. The predicted octanol–water partition coefficient (Wildman–Crippen LogP) is 1.67. The number of rotatable bonds is 6. The Morgan fingerprint density at radius 1 is 1.57 bits per heavy atom. The van der Waals surface area contributed by atoms with Crippen molar-refractivity contribution in [1.29, 1.82) is 0 Å². The second-order valence-corrected chi connectivity index (χ2v) is 6.55. The van der Waals surface area contributed by atoms with Crippen molar-refractivity contribution in [1.82, 2.24) is 20.4 Å². The SMILES string of the molecule is CSCc1noc(CNC(=O)C2CCCN(C(C)C)C2)n1. The van der Waals surface area contributed by atoms with E-state index in [1.54, 1.807) is 11.8 Å². The lowest BCUT2D eigenvalue weighted by Crippen LogP contribution is -2.45. The number of hydrogen-bond donors (Lipinski definition) is 1.